The molecule has 16 heavy (non-hydrogen) atoms. The van der Waals surface area contributed by atoms with Gasteiger partial charge in [0, 0.05) is 13.1 Å². The molecule has 92 valence electrons. The maximum atomic E-state index is 11.7. The van der Waals surface area contributed by atoms with Gasteiger partial charge in [0.25, 0.3) is 0 Å². The Morgan fingerprint density at radius 2 is 2.25 bits per heavy atom. The van der Waals surface area contributed by atoms with Crippen molar-refractivity contribution in [1.82, 2.24) is 10.2 Å². The van der Waals surface area contributed by atoms with E-state index in [1.807, 2.05) is 13.8 Å². The van der Waals surface area contributed by atoms with Crippen LogP contribution < -0.4 is 11.1 Å². The molecule has 0 aromatic heterocycles. The first-order chi connectivity index (χ1) is 7.44. The smallest absolute Gasteiger partial charge is 0.239 e. The fourth-order valence-electron chi connectivity index (χ4n) is 1.94. The van der Waals surface area contributed by atoms with Gasteiger partial charge >= 0.3 is 0 Å². The Balaban J connectivity index is 2.35. The average molecular weight is 243 g/mol. The van der Waals surface area contributed by atoms with Crippen LogP contribution in [-0.4, -0.2) is 41.0 Å². The topological polar surface area (TPSA) is 58.4 Å². The molecule has 0 saturated carbocycles. The second kappa shape index (κ2) is 5.59. The summed E-state index contributed by atoms with van der Waals surface area (Å²) in [7, 11) is 0. The highest BCUT2D eigenvalue weighted by Gasteiger charge is 2.36. The summed E-state index contributed by atoms with van der Waals surface area (Å²) in [5.41, 5.74) is 5.05. The molecule has 0 aromatic rings. The molecule has 0 spiro atoms. The zero-order valence-electron chi connectivity index (χ0n) is 10.1. The largest absolute Gasteiger partial charge is 0.393 e. The van der Waals surface area contributed by atoms with Crippen LogP contribution >= 0.6 is 12.2 Å². The number of hydrogen-bond acceptors (Lipinski definition) is 3. The molecule has 3 N–H and O–H groups in total. The van der Waals surface area contributed by atoms with Crippen molar-refractivity contribution in [3.05, 3.63) is 0 Å². The van der Waals surface area contributed by atoms with Gasteiger partial charge in [-0.2, -0.15) is 0 Å². The summed E-state index contributed by atoms with van der Waals surface area (Å²) in [4.78, 5) is 14.5. The first kappa shape index (κ1) is 13.4. The summed E-state index contributed by atoms with van der Waals surface area (Å²) in [5.74, 6) is 0.119. The van der Waals surface area contributed by atoms with E-state index in [2.05, 4.69) is 10.2 Å². The number of nitrogens with one attached hydrogen (secondary N) is 1. The molecule has 0 atom stereocenters. The van der Waals surface area contributed by atoms with Crippen LogP contribution in [0.4, 0.5) is 0 Å². The average Bonchev–Trinajstić information content (AvgIpc) is 2.18. The van der Waals surface area contributed by atoms with E-state index in [0.29, 0.717) is 4.99 Å². The summed E-state index contributed by atoms with van der Waals surface area (Å²) in [6.45, 7) is 6.54. The van der Waals surface area contributed by atoms with Crippen LogP contribution in [0.15, 0.2) is 0 Å². The maximum Gasteiger partial charge on any atom is 0.239 e. The molecular formula is C11H21N3OS. The third kappa shape index (κ3) is 3.42. The Labute approximate surface area is 103 Å². The monoisotopic (exact) mass is 243 g/mol. The van der Waals surface area contributed by atoms with Crippen LogP contribution in [0.25, 0.3) is 0 Å². The van der Waals surface area contributed by atoms with Gasteiger partial charge in [0.05, 0.1) is 10.5 Å². The van der Waals surface area contributed by atoms with Gasteiger partial charge in [-0.3, -0.25) is 9.69 Å². The quantitative estimate of drug-likeness (QED) is 0.550. The molecule has 0 bridgehead atoms. The second-order valence-corrected chi connectivity index (χ2v) is 5.25. The number of unbranched alkanes of at least 4 members (excludes halogenated alkanes) is 1. The Kier molecular flexibility index (Phi) is 4.68. The third-order valence-electron chi connectivity index (χ3n) is 3.11. The van der Waals surface area contributed by atoms with E-state index >= 15 is 0 Å². The molecule has 4 nitrogen and oxygen atoms in total. The van der Waals surface area contributed by atoms with Gasteiger partial charge in [-0.1, -0.05) is 12.2 Å². The van der Waals surface area contributed by atoms with E-state index in [4.69, 9.17) is 18.0 Å². The minimum atomic E-state index is -0.387. The molecule has 1 aliphatic rings. The number of hydrogen-bond donors (Lipinski definition) is 2. The highest BCUT2D eigenvalue weighted by molar-refractivity contribution is 7.80. The fourth-order valence-corrected chi connectivity index (χ4v) is 2.08. The summed E-state index contributed by atoms with van der Waals surface area (Å²) in [6.07, 6.45) is 2.84. The van der Waals surface area contributed by atoms with Gasteiger partial charge in [0.2, 0.25) is 5.91 Å². The van der Waals surface area contributed by atoms with E-state index in [-0.39, 0.29) is 11.4 Å². The van der Waals surface area contributed by atoms with E-state index in [0.717, 1.165) is 38.9 Å². The minimum absolute atomic E-state index is 0.119. The Morgan fingerprint density at radius 3 is 2.88 bits per heavy atom. The Hall–Kier alpha value is -0.680. The molecule has 1 aliphatic heterocycles. The normalized spacial score (nSPS) is 20.5. The van der Waals surface area contributed by atoms with Crippen LogP contribution in [0, 0.1) is 0 Å². The molecule has 0 radical (unpaired) electrons. The molecule has 1 fully saturated rings. The van der Waals surface area contributed by atoms with Gasteiger partial charge in [0.15, 0.2) is 0 Å². The summed E-state index contributed by atoms with van der Waals surface area (Å²) in [5, 5.41) is 2.89. The van der Waals surface area contributed by atoms with Gasteiger partial charge in [0.1, 0.15) is 0 Å². The number of nitrogens with zero attached hydrogens (tertiary/aromatic N) is 1. The number of rotatable bonds is 5. The van der Waals surface area contributed by atoms with Crippen molar-refractivity contribution in [2.75, 3.05) is 19.6 Å². The standard InChI is InChI=1S/C11H21N3OS/c1-11(2)10(15)13-6-8-14(11)7-4-3-5-9(12)16/h3-8H2,1-2H3,(H2,12,16)(H,13,15). The van der Waals surface area contributed by atoms with Crippen LogP contribution in [0.1, 0.15) is 33.1 Å². The third-order valence-corrected chi connectivity index (χ3v) is 3.32. The summed E-state index contributed by atoms with van der Waals surface area (Å²) < 4.78 is 0. The lowest BCUT2D eigenvalue weighted by Crippen LogP contribution is -2.61. The lowest BCUT2D eigenvalue weighted by atomic mass is 9.98. The number of amides is 1. The first-order valence-electron chi connectivity index (χ1n) is 5.76. The molecule has 1 heterocycles. The van der Waals surface area contributed by atoms with Gasteiger partial charge in [-0.15, -0.1) is 0 Å². The van der Waals surface area contributed by atoms with E-state index in [1.54, 1.807) is 0 Å². The van der Waals surface area contributed by atoms with Crippen molar-refractivity contribution in [3.63, 3.8) is 0 Å². The summed E-state index contributed by atoms with van der Waals surface area (Å²) in [6, 6.07) is 0. The minimum Gasteiger partial charge on any atom is -0.393 e. The zero-order valence-corrected chi connectivity index (χ0v) is 10.9. The van der Waals surface area contributed by atoms with Crippen molar-refractivity contribution in [2.45, 2.75) is 38.6 Å². The van der Waals surface area contributed by atoms with Crippen molar-refractivity contribution in [2.24, 2.45) is 5.73 Å². The Morgan fingerprint density at radius 1 is 1.56 bits per heavy atom. The van der Waals surface area contributed by atoms with E-state index in [1.165, 1.54) is 0 Å². The number of carbonyl (C=O) groups is 1. The van der Waals surface area contributed by atoms with Crippen LogP contribution in [0.3, 0.4) is 0 Å². The number of nitrogens with two attached hydrogens (primary N) is 1. The maximum absolute atomic E-state index is 11.7. The number of carbonyl (C=O) groups excluding carboxylic acids is 1. The first-order valence-corrected chi connectivity index (χ1v) is 6.17. The predicted octanol–water partition coefficient (Wildman–Crippen LogP) is 0.653. The van der Waals surface area contributed by atoms with Gasteiger partial charge in [-0.05, 0) is 39.7 Å². The van der Waals surface area contributed by atoms with Gasteiger partial charge in [-0.25, -0.2) is 0 Å². The van der Waals surface area contributed by atoms with E-state index < -0.39 is 0 Å². The second-order valence-electron chi connectivity index (χ2n) is 4.73. The lowest BCUT2D eigenvalue weighted by molar-refractivity contribution is -0.135. The number of thiocarbonyl (C=S) groups is 1. The van der Waals surface area contributed by atoms with Crippen molar-refractivity contribution < 1.29 is 4.79 Å². The van der Waals surface area contributed by atoms with Crippen molar-refractivity contribution >= 4 is 23.1 Å². The highest BCUT2D eigenvalue weighted by Crippen LogP contribution is 2.18. The molecule has 0 unspecified atom stereocenters. The molecule has 1 amide bonds. The molecule has 1 rings (SSSR count). The molecular weight excluding hydrogens is 222 g/mol. The highest BCUT2D eigenvalue weighted by atomic mass is 32.1. The fraction of sp³-hybridized carbons (Fsp3) is 0.818. The van der Waals surface area contributed by atoms with Crippen LogP contribution in [-0.2, 0) is 4.79 Å². The Bertz CT molecular complexity index is 278. The lowest BCUT2D eigenvalue weighted by Gasteiger charge is -2.41. The van der Waals surface area contributed by atoms with Crippen LogP contribution in [0.5, 0.6) is 0 Å². The SMILES string of the molecule is CC1(C)C(=O)NCCN1CCCCC(N)=S. The molecule has 1 saturated heterocycles. The number of piperazine rings is 1. The molecule has 0 aliphatic carbocycles. The zero-order chi connectivity index (χ0) is 12.2. The predicted molar refractivity (Wildman–Crippen MR) is 69.3 cm³/mol. The van der Waals surface area contributed by atoms with Crippen molar-refractivity contribution in [1.29, 1.82) is 0 Å². The van der Waals surface area contributed by atoms with E-state index in [9.17, 15) is 4.79 Å². The van der Waals surface area contributed by atoms with Crippen molar-refractivity contribution in [3.8, 4) is 0 Å². The molecule has 0 aromatic carbocycles. The van der Waals surface area contributed by atoms with Crippen LogP contribution in [0.2, 0.25) is 0 Å². The van der Waals surface area contributed by atoms with Gasteiger partial charge < -0.3 is 11.1 Å². The summed E-state index contributed by atoms with van der Waals surface area (Å²) >= 11 is 4.83. The molecule has 5 heteroatoms.